The maximum Gasteiger partial charge on any atom is 0.306 e. The summed E-state index contributed by atoms with van der Waals surface area (Å²) >= 11 is 6.18. The number of alkyl halides is 2. The molecule has 34 heavy (non-hydrogen) atoms. The second kappa shape index (κ2) is 10.3. The van der Waals surface area contributed by atoms with E-state index in [9.17, 15) is 13.6 Å². The lowest BCUT2D eigenvalue weighted by molar-refractivity contribution is -0.120. The van der Waals surface area contributed by atoms with Crippen LogP contribution in [0.15, 0.2) is 67.5 Å². The average Bonchev–Trinajstić information content (AvgIpc) is 3.39. The molecule has 0 saturated carbocycles. The van der Waals surface area contributed by atoms with Crippen molar-refractivity contribution in [2.75, 3.05) is 11.9 Å². The number of nitrogens with one attached hydrogen (secondary N) is 2. The quantitative estimate of drug-likeness (QED) is 0.375. The molecule has 4 aromatic rings. The molecule has 0 unspecified atom stereocenters. The number of carbonyl (C=O) groups is 1. The van der Waals surface area contributed by atoms with Crippen LogP contribution in [-0.4, -0.2) is 42.2 Å². The molecule has 174 valence electrons. The minimum atomic E-state index is -3.20. The van der Waals surface area contributed by atoms with Crippen LogP contribution in [0.25, 0.3) is 5.69 Å². The van der Waals surface area contributed by atoms with Crippen molar-refractivity contribution in [1.29, 1.82) is 0 Å². The number of nitrogens with zero attached hydrogens (tertiary/aromatic N) is 6. The summed E-state index contributed by atoms with van der Waals surface area (Å²) < 4.78 is 30.3. The number of anilines is 1. The van der Waals surface area contributed by atoms with Crippen LogP contribution in [-0.2, 0) is 23.7 Å². The second-order valence-electron chi connectivity index (χ2n) is 7.16. The van der Waals surface area contributed by atoms with Gasteiger partial charge in [0.25, 0.3) is 0 Å². The van der Waals surface area contributed by atoms with Gasteiger partial charge in [0.15, 0.2) is 0 Å². The predicted octanol–water partition coefficient (Wildman–Crippen LogP) is 3.17. The Morgan fingerprint density at radius 1 is 1.06 bits per heavy atom. The number of pyridine rings is 3. The average molecular weight is 485 g/mol. The molecule has 0 aliphatic carbocycles. The molecule has 9 nitrogen and oxygen atoms in total. The van der Waals surface area contributed by atoms with E-state index in [0.29, 0.717) is 11.4 Å². The summed E-state index contributed by atoms with van der Waals surface area (Å²) in [6, 6.07) is 10.8. The van der Waals surface area contributed by atoms with Gasteiger partial charge in [-0.3, -0.25) is 14.8 Å². The zero-order chi connectivity index (χ0) is 24.0. The van der Waals surface area contributed by atoms with Crippen molar-refractivity contribution in [3.63, 3.8) is 0 Å². The van der Waals surface area contributed by atoms with E-state index in [0.717, 1.165) is 0 Å². The third-order valence-electron chi connectivity index (χ3n) is 4.76. The second-order valence-corrected chi connectivity index (χ2v) is 7.57. The lowest BCUT2D eigenvalue weighted by Crippen LogP contribution is -2.27. The van der Waals surface area contributed by atoms with E-state index in [2.05, 4.69) is 35.7 Å². The molecule has 0 atom stereocenters. The van der Waals surface area contributed by atoms with Crippen molar-refractivity contribution < 1.29 is 13.6 Å². The fourth-order valence-corrected chi connectivity index (χ4v) is 3.25. The normalized spacial score (nSPS) is 11.3. The zero-order valence-corrected chi connectivity index (χ0v) is 18.5. The van der Waals surface area contributed by atoms with E-state index in [4.69, 9.17) is 11.6 Å². The van der Waals surface area contributed by atoms with E-state index >= 15 is 0 Å². The fraction of sp³-hybridized carbons (Fsp3) is 0.182. The smallest absolute Gasteiger partial charge is 0.306 e. The summed E-state index contributed by atoms with van der Waals surface area (Å²) in [5, 5.41) is 9.68. The van der Waals surface area contributed by atoms with Gasteiger partial charge in [-0.05, 0) is 36.4 Å². The monoisotopic (exact) mass is 484 g/mol. The number of amides is 1. The lowest BCUT2D eigenvalue weighted by Gasteiger charge is -2.17. The van der Waals surface area contributed by atoms with Gasteiger partial charge < -0.3 is 10.6 Å². The molecular formula is C22H19ClF2N8O. The SMILES string of the molecule is O=C(Cc1nc(NCC(F)(F)c2ccccn2)ccc1Cl)NCc1ncccc1-n1cncn1. The molecule has 4 rings (SSSR count). The molecule has 0 fully saturated rings. The number of halogens is 3. The van der Waals surface area contributed by atoms with Crippen LogP contribution in [0.2, 0.25) is 5.02 Å². The third kappa shape index (κ3) is 5.67. The Kier molecular flexibility index (Phi) is 7.02. The van der Waals surface area contributed by atoms with Gasteiger partial charge in [0.2, 0.25) is 5.91 Å². The molecule has 12 heteroatoms. The number of aromatic nitrogens is 6. The fourth-order valence-electron chi connectivity index (χ4n) is 3.08. The molecule has 2 N–H and O–H groups in total. The molecule has 4 aromatic heterocycles. The van der Waals surface area contributed by atoms with Gasteiger partial charge in [-0.2, -0.15) is 13.9 Å². The summed E-state index contributed by atoms with van der Waals surface area (Å²) in [5.41, 5.74) is 1.17. The van der Waals surface area contributed by atoms with Crippen LogP contribution < -0.4 is 10.6 Å². The standard InChI is InChI=1S/C22H19ClF2N8O/c23-15-6-7-20(30-12-22(24,25)19-5-1-2-8-28-19)32-16(15)10-21(34)29-11-17-18(4-3-9-27-17)33-14-26-13-31-33/h1-9,13-14H,10-12H2,(H,29,34)(H,30,32). The van der Waals surface area contributed by atoms with Crippen molar-refractivity contribution in [1.82, 2.24) is 35.0 Å². The lowest BCUT2D eigenvalue weighted by atomic mass is 10.2. The Labute approximate surface area is 198 Å². The molecular weight excluding hydrogens is 466 g/mol. The Morgan fingerprint density at radius 2 is 1.91 bits per heavy atom. The minimum Gasteiger partial charge on any atom is -0.364 e. The first-order valence-electron chi connectivity index (χ1n) is 10.2. The molecule has 0 spiro atoms. The van der Waals surface area contributed by atoms with Crippen LogP contribution in [0, 0.1) is 0 Å². The van der Waals surface area contributed by atoms with E-state index in [1.54, 1.807) is 29.1 Å². The summed E-state index contributed by atoms with van der Waals surface area (Å²) in [5.74, 6) is -3.40. The maximum atomic E-state index is 14.4. The third-order valence-corrected chi connectivity index (χ3v) is 5.11. The zero-order valence-electron chi connectivity index (χ0n) is 17.7. The van der Waals surface area contributed by atoms with Crippen molar-refractivity contribution in [3.05, 3.63) is 89.6 Å². The number of hydrogen-bond donors (Lipinski definition) is 2. The summed E-state index contributed by atoms with van der Waals surface area (Å²) in [6.45, 7) is -0.574. The first kappa shape index (κ1) is 23.2. The van der Waals surface area contributed by atoms with Gasteiger partial charge in [0.1, 0.15) is 24.2 Å². The highest BCUT2D eigenvalue weighted by Crippen LogP contribution is 2.26. The number of hydrogen-bond acceptors (Lipinski definition) is 7. The predicted molar refractivity (Wildman–Crippen MR) is 121 cm³/mol. The molecule has 0 aromatic carbocycles. The van der Waals surface area contributed by atoms with Gasteiger partial charge in [-0.25, -0.2) is 14.6 Å². The first-order valence-corrected chi connectivity index (χ1v) is 10.5. The van der Waals surface area contributed by atoms with Gasteiger partial charge >= 0.3 is 5.92 Å². The molecule has 4 heterocycles. The molecule has 0 aliphatic rings. The van der Waals surface area contributed by atoms with Crippen LogP contribution in [0.1, 0.15) is 17.1 Å². The van der Waals surface area contributed by atoms with Crippen molar-refractivity contribution in [3.8, 4) is 5.69 Å². The van der Waals surface area contributed by atoms with E-state index in [-0.39, 0.29) is 41.1 Å². The van der Waals surface area contributed by atoms with Gasteiger partial charge in [0.05, 0.1) is 41.6 Å². The summed E-state index contributed by atoms with van der Waals surface area (Å²) in [4.78, 5) is 28.7. The Hall–Kier alpha value is -3.99. The Balaban J connectivity index is 1.38. The topological polar surface area (TPSA) is 111 Å². The van der Waals surface area contributed by atoms with E-state index < -0.39 is 12.5 Å². The molecule has 0 aliphatic heterocycles. The van der Waals surface area contributed by atoms with Crippen LogP contribution >= 0.6 is 11.6 Å². The van der Waals surface area contributed by atoms with Crippen molar-refractivity contribution in [2.24, 2.45) is 0 Å². The number of rotatable bonds is 9. The van der Waals surface area contributed by atoms with Crippen molar-refractivity contribution >= 4 is 23.3 Å². The van der Waals surface area contributed by atoms with Crippen LogP contribution in [0.4, 0.5) is 14.6 Å². The Bertz CT molecular complexity index is 1260. The van der Waals surface area contributed by atoms with E-state index in [1.807, 2.05) is 0 Å². The van der Waals surface area contributed by atoms with Crippen LogP contribution in [0.3, 0.4) is 0 Å². The molecule has 1 amide bonds. The Morgan fingerprint density at radius 3 is 2.68 bits per heavy atom. The van der Waals surface area contributed by atoms with Gasteiger partial charge in [0, 0.05) is 12.4 Å². The molecule has 0 radical (unpaired) electrons. The summed E-state index contributed by atoms with van der Waals surface area (Å²) in [7, 11) is 0. The molecule has 0 bridgehead atoms. The van der Waals surface area contributed by atoms with Gasteiger partial charge in [-0.15, -0.1) is 0 Å². The maximum absolute atomic E-state index is 14.4. The first-order chi connectivity index (χ1) is 16.4. The highest BCUT2D eigenvalue weighted by molar-refractivity contribution is 6.31. The minimum absolute atomic E-state index is 0.140. The van der Waals surface area contributed by atoms with Gasteiger partial charge in [-0.1, -0.05) is 17.7 Å². The summed E-state index contributed by atoms with van der Waals surface area (Å²) in [6.07, 6.45) is 5.70. The highest BCUT2D eigenvalue weighted by Gasteiger charge is 2.32. The van der Waals surface area contributed by atoms with E-state index in [1.165, 1.54) is 43.1 Å². The van der Waals surface area contributed by atoms with Crippen LogP contribution in [0.5, 0.6) is 0 Å². The largest absolute Gasteiger partial charge is 0.364 e. The van der Waals surface area contributed by atoms with Crippen molar-refractivity contribution in [2.45, 2.75) is 18.9 Å². The molecule has 0 saturated heterocycles. The highest BCUT2D eigenvalue weighted by atomic mass is 35.5. The number of carbonyl (C=O) groups excluding carboxylic acids is 1.